The number of halogens is 3. The number of carbonyl (C=O) groups excluding carboxylic acids is 1. The van der Waals surface area contributed by atoms with Crippen LogP contribution in [0.3, 0.4) is 0 Å². The second-order valence-corrected chi connectivity index (χ2v) is 8.58. The minimum atomic E-state index is -4.94. The Bertz CT molecular complexity index is 1570. The number of hydrogen-bond acceptors (Lipinski definition) is 4. The second kappa shape index (κ2) is 9.77. The van der Waals surface area contributed by atoms with Crippen LogP contribution in [0.15, 0.2) is 102 Å². The van der Waals surface area contributed by atoms with Crippen LogP contribution in [0, 0.1) is 0 Å². The van der Waals surface area contributed by atoms with Crippen LogP contribution in [-0.4, -0.2) is 33.5 Å². The number of amides is 1. The van der Waals surface area contributed by atoms with Crippen molar-refractivity contribution in [1.82, 2.24) is 20.2 Å². The van der Waals surface area contributed by atoms with Gasteiger partial charge in [0.2, 0.25) is 0 Å². The molecule has 37 heavy (non-hydrogen) atoms. The molecule has 2 N–H and O–H groups in total. The number of nitrogens with zero attached hydrogens (tertiary/aromatic N) is 2. The van der Waals surface area contributed by atoms with E-state index in [4.69, 9.17) is 4.98 Å². The molecule has 9 heteroatoms. The highest BCUT2D eigenvalue weighted by atomic mass is 19.4. The second-order valence-electron chi connectivity index (χ2n) is 8.58. The fourth-order valence-electron chi connectivity index (χ4n) is 4.18. The van der Waals surface area contributed by atoms with Crippen LogP contribution >= 0.6 is 0 Å². The summed E-state index contributed by atoms with van der Waals surface area (Å²) in [5.74, 6) is -1.99. The number of aromatic amines is 1. The Morgan fingerprint density at radius 2 is 1.78 bits per heavy atom. The van der Waals surface area contributed by atoms with Crippen LogP contribution < -0.4 is 10.9 Å². The van der Waals surface area contributed by atoms with Crippen molar-refractivity contribution in [3.63, 3.8) is 0 Å². The van der Waals surface area contributed by atoms with Crippen LogP contribution in [0.1, 0.15) is 5.56 Å². The van der Waals surface area contributed by atoms with Gasteiger partial charge in [-0.3, -0.25) is 9.59 Å². The summed E-state index contributed by atoms with van der Waals surface area (Å²) in [6.07, 6.45) is 1.43. The van der Waals surface area contributed by atoms with E-state index in [0.717, 1.165) is 27.9 Å². The first-order valence-electron chi connectivity index (χ1n) is 11.4. The number of allylic oxidation sites excluding steroid dienone is 2. The molecule has 2 aromatic carbocycles. The van der Waals surface area contributed by atoms with E-state index in [0.29, 0.717) is 17.4 Å². The molecule has 1 amide bonds. The van der Waals surface area contributed by atoms with Crippen LogP contribution in [0.2, 0.25) is 0 Å². The Balaban J connectivity index is 1.40. The van der Waals surface area contributed by atoms with Crippen molar-refractivity contribution in [3.8, 4) is 22.4 Å². The lowest BCUT2D eigenvalue weighted by molar-refractivity contribution is -0.172. The van der Waals surface area contributed by atoms with Gasteiger partial charge in [-0.25, -0.2) is 4.98 Å². The van der Waals surface area contributed by atoms with Crippen LogP contribution in [-0.2, 0) is 11.3 Å². The van der Waals surface area contributed by atoms with Crippen molar-refractivity contribution < 1.29 is 18.0 Å². The minimum Gasteiger partial charge on any atom is -0.367 e. The Hall–Kier alpha value is -4.66. The number of H-pyrrole nitrogens is 1. The van der Waals surface area contributed by atoms with Gasteiger partial charge in [0, 0.05) is 29.6 Å². The van der Waals surface area contributed by atoms with Gasteiger partial charge in [0.15, 0.2) is 0 Å². The maximum Gasteiger partial charge on any atom is 0.471 e. The molecule has 4 aromatic rings. The quantitative estimate of drug-likeness (QED) is 0.396. The summed E-state index contributed by atoms with van der Waals surface area (Å²) in [4.78, 5) is 32.9. The molecule has 0 saturated heterocycles. The normalized spacial score (nSPS) is 13.5. The van der Waals surface area contributed by atoms with Crippen molar-refractivity contribution in [3.05, 3.63) is 113 Å². The predicted octanol–water partition coefficient (Wildman–Crippen LogP) is 5.15. The van der Waals surface area contributed by atoms with Crippen molar-refractivity contribution in [1.29, 1.82) is 0 Å². The van der Waals surface area contributed by atoms with E-state index >= 15 is 0 Å². The zero-order chi connectivity index (χ0) is 26.0. The Kier molecular flexibility index (Phi) is 6.35. The molecule has 1 aliphatic heterocycles. The van der Waals surface area contributed by atoms with Gasteiger partial charge < -0.3 is 15.2 Å². The highest BCUT2D eigenvalue weighted by Gasteiger charge is 2.39. The third-order valence-corrected chi connectivity index (χ3v) is 5.95. The van der Waals surface area contributed by atoms with E-state index in [9.17, 15) is 22.8 Å². The smallest absolute Gasteiger partial charge is 0.367 e. The van der Waals surface area contributed by atoms with E-state index < -0.39 is 12.1 Å². The number of aromatic nitrogens is 2. The van der Waals surface area contributed by atoms with Gasteiger partial charge in [0.1, 0.15) is 0 Å². The maximum absolute atomic E-state index is 12.6. The van der Waals surface area contributed by atoms with Crippen LogP contribution in [0.4, 0.5) is 13.2 Å². The molecule has 186 valence electrons. The predicted molar refractivity (Wildman–Crippen MR) is 135 cm³/mol. The first kappa shape index (κ1) is 24.1. The molecule has 5 rings (SSSR count). The Morgan fingerprint density at radius 3 is 2.51 bits per heavy atom. The van der Waals surface area contributed by atoms with Gasteiger partial charge in [0.25, 0.3) is 5.56 Å². The third kappa shape index (κ3) is 5.30. The summed E-state index contributed by atoms with van der Waals surface area (Å²) in [5.41, 5.74) is 4.81. The van der Waals surface area contributed by atoms with Gasteiger partial charge in [0.05, 0.1) is 23.1 Å². The molecule has 3 heterocycles. The van der Waals surface area contributed by atoms with Crippen molar-refractivity contribution in [2.45, 2.75) is 12.7 Å². The van der Waals surface area contributed by atoms with Crippen molar-refractivity contribution in [2.24, 2.45) is 0 Å². The monoisotopic (exact) mass is 502 g/mol. The lowest BCUT2D eigenvalue weighted by atomic mass is 9.97. The lowest BCUT2D eigenvalue weighted by Crippen LogP contribution is -2.39. The molecule has 2 aromatic heterocycles. The van der Waals surface area contributed by atoms with Gasteiger partial charge in [-0.05, 0) is 41.6 Å². The minimum absolute atomic E-state index is 0.138. The number of rotatable bonds is 5. The topological polar surface area (TPSA) is 78.1 Å². The number of fused-ring (bicyclic) bond motifs is 1. The Labute approximate surface area is 209 Å². The van der Waals surface area contributed by atoms with Crippen LogP contribution in [0.25, 0.3) is 33.3 Å². The molecule has 1 aliphatic rings. The number of carbonyl (C=O) groups is 1. The summed E-state index contributed by atoms with van der Waals surface area (Å²) < 4.78 is 37.7. The molecular weight excluding hydrogens is 481 g/mol. The summed E-state index contributed by atoms with van der Waals surface area (Å²) in [6.45, 7) is 0.571. The lowest BCUT2D eigenvalue weighted by Gasteiger charge is -2.25. The highest BCUT2D eigenvalue weighted by molar-refractivity contribution is 5.91. The average molecular weight is 502 g/mol. The fourth-order valence-corrected chi connectivity index (χ4v) is 4.18. The fraction of sp³-hybridized carbons (Fsp3) is 0.107. The number of alkyl halides is 3. The van der Waals surface area contributed by atoms with Gasteiger partial charge in [-0.15, -0.1) is 0 Å². The van der Waals surface area contributed by atoms with E-state index in [2.05, 4.69) is 4.98 Å². The number of hydrogen-bond donors (Lipinski definition) is 2. The molecule has 0 spiro atoms. The number of pyridine rings is 2. The third-order valence-electron chi connectivity index (χ3n) is 5.95. The first-order chi connectivity index (χ1) is 17.8. The molecular formula is C28H21F3N4O2. The molecule has 6 nitrogen and oxygen atoms in total. The van der Waals surface area contributed by atoms with E-state index in [1.807, 2.05) is 66.0 Å². The van der Waals surface area contributed by atoms with E-state index in [-0.39, 0.29) is 17.8 Å². The van der Waals surface area contributed by atoms with Crippen molar-refractivity contribution >= 4 is 16.8 Å². The first-order valence-corrected chi connectivity index (χ1v) is 11.4. The average Bonchev–Trinajstić information content (AvgIpc) is 2.89. The number of nitrogens with one attached hydrogen (secondary N) is 2. The molecule has 0 unspecified atom stereocenters. The molecule has 0 radical (unpaired) electrons. The van der Waals surface area contributed by atoms with Crippen molar-refractivity contribution in [2.75, 3.05) is 6.54 Å². The van der Waals surface area contributed by atoms with Crippen LogP contribution in [0.5, 0.6) is 0 Å². The zero-order valence-corrected chi connectivity index (χ0v) is 19.4. The SMILES string of the molecule is O=C(NC1=CC=CN(Cc2ccc(-c3nc4cc[nH]c(=O)c4cc3-c3ccccc3)cc2)C1)C(F)(F)F. The highest BCUT2D eigenvalue weighted by Crippen LogP contribution is 2.33. The maximum atomic E-state index is 12.6. The standard InChI is InChI=1S/C28H21F3N4O2/c29-28(30,31)27(37)33-21-7-4-14-35(17-21)16-18-8-10-20(11-9-18)25-22(19-5-2-1-3-6-19)15-23-24(34-25)12-13-32-26(23)36/h1-15H,16-17H2,(H,32,36)(H,33,37). The molecule has 0 saturated carbocycles. The number of benzene rings is 2. The van der Waals surface area contributed by atoms with Gasteiger partial charge in [-0.1, -0.05) is 54.6 Å². The molecule has 0 aliphatic carbocycles. The summed E-state index contributed by atoms with van der Waals surface area (Å²) in [7, 11) is 0. The molecule has 0 atom stereocenters. The van der Waals surface area contributed by atoms with Gasteiger partial charge >= 0.3 is 12.1 Å². The summed E-state index contributed by atoms with van der Waals surface area (Å²) >= 11 is 0. The molecule has 0 bridgehead atoms. The van der Waals surface area contributed by atoms with E-state index in [1.54, 1.807) is 29.4 Å². The zero-order valence-electron chi connectivity index (χ0n) is 19.4. The van der Waals surface area contributed by atoms with Gasteiger partial charge in [-0.2, -0.15) is 13.2 Å². The largest absolute Gasteiger partial charge is 0.471 e. The summed E-state index contributed by atoms with van der Waals surface area (Å²) in [5, 5.41) is 2.42. The summed E-state index contributed by atoms with van der Waals surface area (Å²) in [6, 6.07) is 21.0. The van der Waals surface area contributed by atoms with E-state index in [1.165, 1.54) is 6.08 Å². The Morgan fingerprint density at radius 1 is 1.03 bits per heavy atom. The molecule has 0 fully saturated rings.